The Morgan fingerprint density at radius 2 is 2.08 bits per heavy atom. The highest BCUT2D eigenvalue weighted by atomic mass is 16.1. The molecule has 1 rings (SSSR count). The Bertz CT molecular complexity index is 174. The summed E-state index contributed by atoms with van der Waals surface area (Å²) in [6.07, 6.45) is 6.66. The van der Waals surface area contributed by atoms with Crippen molar-refractivity contribution in [3.63, 3.8) is 0 Å². The van der Waals surface area contributed by atoms with E-state index in [1.54, 1.807) is 0 Å². The van der Waals surface area contributed by atoms with Crippen LogP contribution in [-0.4, -0.2) is 18.7 Å². The fourth-order valence-corrected chi connectivity index (χ4v) is 1.73. The molecule has 0 aliphatic heterocycles. The number of amides is 1. The van der Waals surface area contributed by atoms with Crippen molar-refractivity contribution in [1.82, 2.24) is 5.32 Å². The van der Waals surface area contributed by atoms with E-state index in [0.29, 0.717) is 13.0 Å². The Balaban J connectivity index is 2.06. The normalized spacial score (nSPS) is 17.2. The van der Waals surface area contributed by atoms with Gasteiger partial charge in [-0.25, -0.2) is 0 Å². The van der Waals surface area contributed by atoms with E-state index in [2.05, 4.69) is 5.32 Å². The van der Waals surface area contributed by atoms with Crippen LogP contribution < -0.4 is 5.32 Å². The van der Waals surface area contributed by atoms with Crippen LogP contribution in [0.4, 0.5) is 0 Å². The van der Waals surface area contributed by atoms with Crippen LogP contribution in [0.5, 0.6) is 0 Å². The van der Waals surface area contributed by atoms with Crippen molar-refractivity contribution in [2.24, 2.45) is 5.92 Å². The maximum atomic E-state index is 11.4. The predicted octanol–water partition coefficient (Wildman–Crippen LogP) is 1.27. The van der Waals surface area contributed by atoms with Gasteiger partial charge >= 0.3 is 0 Å². The molecule has 1 aliphatic carbocycles. The van der Waals surface area contributed by atoms with Gasteiger partial charge in [0.25, 0.3) is 0 Å². The zero-order chi connectivity index (χ0) is 9.52. The number of unbranched alkanes of at least 4 members (excludes halogenated alkanes) is 1. The second kappa shape index (κ2) is 5.73. The van der Waals surface area contributed by atoms with Crippen molar-refractivity contribution < 1.29 is 9.59 Å². The standard InChI is InChI=1S/C10H17NO2/c12-8-4-3-7-11-10(13)9-5-1-2-6-9/h8-9H,1-7H2,(H,11,13). The SMILES string of the molecule is O=CCCCNC(=O)C1CCCC1. The Labute approximate surface area is 78.9 Å². The van der Waals surface area contributed by atoms with Gasteiger partial charge in [-0.15, -0.1) is 0 Å². The lowest BCUT2D eigenvalue weighted by molar-refractivity contribution is -0.124. The number of nitrogens with one attached hydrogen (secondary N) is 1. The Morgan fingerprint density at radius 1 is 1.38 bits per heavy atom. The summed E-state index contributed by atoms with van der Waals surface area (Å²) in [7, 11) is 0. The number of hydrogen-bond donors (Lipinski definition) is 1. The van der Waals surface area contributed by atoms with Gasteiger partial charge < -0.3 is 10.1 Å². The molecule has 1 saturated carbocycles. The van der Waals surface area contributed by atoms with Crippen molar-refractivity contribution in [3.8, 4) is 0 Å². The summed E-state index contributed by atoms with van der Waals surface area (Å²) in [5, 5.41) is 2.86. The zero-order valence-corrected chi connectivity index (χ0v) is 7.92. The molecule has 0 radical (unpaired) electrons. The van der Waals surface area contributed by atoms with Crippen LogP contribution in [0.15, 0.2) is 0 Å². The minimum Gasteiger partial charge on any atom is -0.356 e. The second-order valence-corrected chi connectivity index (χ2v) is 3.58. The minimum atomic E-state index is 0.184. The first-order valence-electron chi connectivity index (χ1n) is 5.06. The molecule has 0 bridgehead atoms. The van der Waals surface area contributed by atoms with E-state index >= 15 is 0 Å². The highest BCUT2D eigenvalue weighted by molar-refractivity contribution is 5.78. The summed E-state index contributed by atoms with van der Waals surface area (Å²) in [5.74, 6) is 0.430. The second-order valence-electron chi connectivity index (χ2n) is 3.58. The maximum Gasteiger partial charge on any atom is 0.223 e. The van der Waals surface area contributed by atoms with Gasteiger partial charge in [0.05, 0.1) is 0 Å². The fraction of sp³-hybridized carbons (Fsp3) is 0.800. The molecule has 3 heteroatoms. The molecule has 1 fully saturated rings. The lowest BCUT2D eigenvalue weighted by Gasteiger charge is -2.08. The van der Waals surface area contributed by atoms with E-state index in [9.17, 15) is 9.59 Å². The molecule has 1 amide bonds. The van der Waals surface area contributed by atoms with Crippen LogP contribution in [0.3, 0.4) is 0 Å². The average molecular weight is 183 g/mol. The first kappa shape index (κ1) is 10.2. The van der Waals surface area contributed by atoms with E-state index in [0.717, 1.165) is 25.5 Å². The fourth-order valence-electron chi connectivity index (χ4n) is 1.73. The molecule has 0 spiro atoms. The van der Waals surface area contributed by atoms with Gasteiger partial charge in [0.1, 0.15) is 6.29 Å². The lowest BCUT2D eigenvalue weighted by Crippen LogP contribution is -2.30. The number of rotatable bonds is 5. The first-order chi connectivity index (χ1) is 6.34. The van der Waals surface area contributed by atoms with Gasteiger partial charge in [0, 0.05) is 18.9 Å². The van der Waals surface area contributed by atoms with Crippen LogP contribution in [0, 0.1) is 5.92 Å². The molecule has 0 unspecified atom stereocenters. The van der Waals surface area contributed by atoms with Crippen molar-refractivity contribution in [2.45, 2.75) is 38.5 Å². The van der Waals surface area contributed by atoms with Gasteiger partial charge in [-0.05, 0) is 19.3 Å². The number of carbonyl (C=O) groups excluding carboxylic acids is 2. The first-order valence-corrected chi connectivity index (χ1v) is 5.06. The van der Waals surface area contributed by atoms with Crippen molar-refractivity contribution in [1.29, 1.82) is 0 Å². The topological polar surface area (TPSA) is 46.2 Å². The van der Waals surface area contributed by atoms with E-state index in [1.807, 2.05) is 0 Å². The van der Waals surface area contributed by atoms with Crippen LogP contribution in [0.1, 0.15) is 38.5 Å². The summed E-state index contributed by atoms with van der Waals surface area (Å²) in [4.78, 5) is 21.4. The monoisotopic (exact) mass is 183 g/mol. The van der Waals surface area contributed by atoms with Gasteiger partial charge in [0.15, 0.2) is 0 Å². The Hall–Kier alpha value is -0.860. The molecular weight excluding hydrogens is 166 g/mol. The lowest BCUT2D eigenvalue weighted by atomic mass is 10.1. The van der Waals surface area contributed by atoms with Crippen molar-refractivity contribution >= 4 is 12.2 Å². The molecule has 0 atom stereocenters. The predicted molar refractivity (Wildman–Crippen MR) is 50.3 cm³/mol. The highest BCUT2D eigenvalue weighted by Crippen LogP contribution is 2.24. The molecule has 13 heavy (non-hydrogen) atoms. The minimum absolute atomic E-state index is 0.184. The van der Waals surface area contributed by atoms with Crippen molar-refractivity contribution in [2.75, 3.05) is 6.54 Å². The van der Waals surface area contributed by atoms with Gasteiger partial charge in [-0.3, -0.25) is 4.79 Å². The molecule has 0 aromatic carbocycles. The Kier molecular flexibility index (Phi) is 4.50. The molecule has 0 aromatic heterocycles. The summed E-state index contributed by atoms with van der Waals surface area (Å²) in [6.45, 7) is 0.647. The third-order valence-electron chi connectivity index (χ3n) is 2.52. The van der Waals surface area contributed by atoms with E-state index in [4.69, 9.17) is 0 Å². The summed E-state index contributed by atoms with van der Waals surface area (Å²) < 4.78 is 0. The third kappa shape index (κ3) is 3.57. The molecule has 1 aliphatic rings. The Morgan fingerprint density at radius 3 is 2.69 bits per heavy atom. The van der Waals surface area contributed by atoms with Gasteiger partial charge in [-0.2, -0.15) is 0 Å². The summed E-state index contributed by atoms with van der Waals surface area (Å²) >= 11 is 0. The smallest absolute Gasteiger partial charge is 0.223 e. The number of hydrogen-bond acceptors (Lipinski definition) is 2. The molecule has 74 valence electrons. The highest BCUT2D eigenvalue weighted by Gasteiger charge is 2.21. The summed E-state index contributed by atoms with van der Waals surface area (Å²) in [6, 6.07) is 0. The average Bonchev–Trinajstić information content (AvgIpc) is 2.65. The molecular formula is C10H17NO2. The quantitative estimate of drug-likeness (QED) is 0.515. The molecule has 0 aromatic rings. The third-order valence-corrected chi connectivity index (χ3v) is 2.52. The number of carbonyl (C=O) groups is 2. The maximum absolute atomic E-state index is 11.4. The van der Waals surface area contributed by atoms with E-state index < -0.39 is 0 Å². The van der Waals surface area contributed by atoms with Crippen LogP contribution >= 0.6 is 0 Å². The molecule has 0 saturated heterocycles. The van der Waals surface area contributed by atoms with Crippen LogP contribution in [0.25, 0.3) is 0 Å². The van der Waals surface area contributed by atoms with E-state index in [-0.39, 0.29) is 11.8 Å². The van der Waals surface area contributed by atoms with Crippen LogP contribution in [-0.2, 0) is 9.59 Å². The molecule has 1 N–H and O–H groups in total. The zero-order valence-electron chi connectivity index (χ0n) is 7.92. The molecule has 0 heterocycles. The number of aldehydes is 1. The largest absolute Gasteiger partial charge is 0.356 e. The summed E-state index contributed by atoms with van der Waals surface area (Å²) in [5.41, 5.74) is 0. The van der Waals surface area contributed by atoms with Crippen molar-refractivity contribution in [3.05, 3.63) is 0 Å². The van der Waals surface area contributed by atoms with Gasteiger partial charge in [-0.1, -0.05) is 12.8 Å². The van der Waals surface area contributed by atoms with Crippen LogP contribution in [0.2, 0.25) is 0 Å². The molecule has 3 nitrogen and oxygen atoms in total. The van der Waals surface area contributed by atoms with E-state index in [1.165, 1.54) is 12.8 Å². The van der Waals surface area contributed by atoms with Gasteiger partial charge in [0.2, 0.25) is 5.91 Å².